The Bertz CT molecular complexity index is 988. The second-order valence-corrected chi connectivity index (χ2v) is 6.91. The Kier molecular flexibility index (Phi) is 7.16. The Labute approximate surface area is 176 Å². The van der Waals surface area contributed by atoms with Crippen LogP contribution in [0, 0.1) is 6.92 Å². The van der Waals surface area contributed by atoms with Gasteiger partial charge in [0, 0.05) is 18.9 Å². The van der Waals surface area contributed by atoms with Crippen molar-refractivity contribution in [3.8, 4) is 5.75 Å². The van der Waals surface area contributed by atoms with Crippen molar-refractivity contribution < 1.29 is 14.3 Å². The van der Waals surface area contributed by atoms with E-state index in [2.05, 4.69) is 15.6 Å². The summed E-state index contributed by atoms with van der Waals surface area (Å²) in [4.78, 5) is 29.5. The molecule has 0 radical (unpaired) electrons. The number of ether oxygens (including phenoxy) is 1. The number of pyridine rings is 1. The first-order valence-corrected chi connectivity index (χ1v) is 9.87. The van der Waals surface area contributed by atoms with Crippen LogP contribution in [-0.2, 0) is 11.3 Å². The maximum absolute atomic E-state index is 12.8. The molecule has 2 N–H and O–H groups in total. The van der Waals surface area contributed by atoms with Crippen molar-refractivity contribution in [2.75, 3.05) is 5.32 Å². The van der Waals surface area contributed by atoms with E-state index in [1.165, 1.54) is 0 Å². The highest BCUT2D eigenvalue weighted by atomic mass is 16.5. The minimum absolute atomic E-state index is 0.276. The summed E-state index contributed by atoms with van der Waals surface area (Å²) in [5.74, 6) is 0.0536. The number of benzene rings is 2. The fourth-order valence-electron chi connectivity index (χ4n) is 2.89. The third kappa shape index (κ3) is 5.67. The molecule has 3 aromatic rings. The lowest BCUT2D eigenvalue weighted by atomic mass is 10.1. The summed E-state index contributed by atoms with van der Waals surface area (Å²) in [6.45, 7) is 4.22. The SMILES string of the molecule is CCC(Oc1ccc(C)cc1)C(=O)Nc1ccccc1C(=O)NCc1cccnc1. The van der Waals surface area contributed by atoms with Crippen LogP contribution in [0.4, 0.5) is 5.69 Å². The minimum atomic E-state index is -0.667. The Balaban J connectivity index is 1.67. The van der Waals surface area contributed by atoms with Crippen molar-refractivity contribution >= 4 is 17.5 Å². The van der Waals surface area contributed by atoms with Gasteiger partial charge in [0.25, 0.3) is 11.8 Å². The molecule has 0 fully saturated rings. The van der Waals surface area contributed by atoms with Gasteiger partial charge < -0.3 is 15.4 Å². The second-order valence-electron chi connectivity index (χ2n) is 6.91. The number of carbonyl (C=O) groups excluding carboxylic acids is 2. The zero-order valence-electron chi connectivity index (χ0n) is 17.1. The van der Waals surface area contributed by atoms with Gasteiger partial charge in [-0.1, -0.05) is 42.8 Å². The third-order valence-corrected chi connectivity index (χ3v) is 4.57. The number of aryl methyl sites for hydroxylation is 1. The first kappa shape index (κ1) is 21.0. The van der Waals surface area contributed by atoms with Gasteiger partial charge in [-0.05, 0) is 49.2 Å². The van der Waals surface area contributed by atoms with Crippen molar-refractivity contribution in [1.82, 2.24) is 10.3 Å². The summed E-state index contributed by atoms with van der Waals surface area (Å²) in [5, 5.41) is 5.69. The average Bonchev–Trinajstić information content (AvgIpc) is 2.78. The maximum atomic E-state index is 12.8. The molecule has 6 heteroatoms. The smallest absolute Gasteiger partial charge is 0.265 e. The number of anilines is 1. The third-order valence-electron chi connectivity index (χ3n) is 4.57. The summed E-state index contributed by atoms with van der Waals surface area (Å²) >= 11 is 0. The van der Waals surface area contributed by atoms with Crippen LogP contribution in [0.5, 0.6) is 5.75 Å². The molecule has 0 saturated heterocycles. The number of hydrogen-bond donors (Lipinski definition) is 2. The van der Waals surface area contributed by atoms with Gasteiger partial charge in [-0.25, -0.2) is 0 Å². The summed E-state index contributed by atoms with van der Waals surface area (Å²) < 4.78 is 5.84. The van der Waals surface area contributed by atoms with Gasteiger partial charge in [-0.3, -0.25) is 14.6 Å². The Morgan fingerprint density at radius 2 is 1.80 bits per heavy atom. The summed E-state index contributed by atoms with van der Waals surface area (Å²) in [5.41, 5.74) is 2.84. The quantitative estimate of drug-likeness (QED) is 0.593. The van der Waals surface area contributed by atoms with Crippen LogP contribution in [0.15, 0.2) is 73.1 Å². The highest BCUT2D eigenvalue weighted by Crippen LogP contribution is 2.19. The fourth-order valence-corrected chi connectivity index (χ4v) is 2.89. The number of rotatable bonds is 8. The van der Waals surface area contributed by atoms with Gasteiger partial charge in [-0.15, -0.1) is 0 Å². The van der Waals surface area contributed by atoms with E-state index in [4.69, 9.17) is 4.74 Å². The molecule has 2 aromatic carbocycles. The van der Waals surface area contributed by atoms with Crippen LogP contribution in [-0.4, -0.2) is 22.9 Å². The zero-order valence-corrected chi connectivity index (χ0v) is 17.1. The number of nitrogens with zero attached hydrogens (tertiary/aromatic N) is 1. The Morgan fingerprint density at radius 1 is 1.03 bits per heavy atom. The maximum Gasteiger partial charge on any atom is 0.265 e. The number of amides is 2. The predicted octanol–water partition coefficient (Wildman–Crippen LogP) is 4.12. The van der Waals surface area contributed by atoms with E-state index >= 15 is 0 Å². The summed E-state index contributed by atoms with van der Waals surface area (Å²) in [7, 11) is 0. The van der Waals surface area contributed by atoms with Crippen molar-refractivity contribution in [2.45, 2.75) is 32.9 Å². The molecule has 0 saturated carbocycles. The average molecular weight is 403 g/mol. The molecule has 0 aliphatic rings. The lowest BCUT2D eigenvalue weighted by Gasteiger charge is -2.18. The van der Waals surface area contributed by atoms with E-state index in [-0.39, 0.29) is 11.8 Å². The molecule has 6 nitrogen and oxygen atoms in total. The highest BCUT2D eigenvalue weighted by Gasteiger charge is 2.21. The predicted molar refractivity (Wildman–Crippen MR) is 116 cm³/mol. The molecule has 30 heavy (non-hydrogen) atoms. The van der Waals surface area contributed by atoms with Gasteiger partial charge in [0.2, 0.25) is 0 Å². The molecule has 0 aliphatic carbocycles. The van der Waals surface area contributed by atoms with Crippen LogP contribution in [0.3, 0.4) is 0 Å². The molecule has 1 atom stereocenters. The van der Waals surface area contributed by atoms with Crippen LogP contribution >= 0.6 is 0 Å². The van der Waals surface area contributed by atoms with Crippen molar-refractivity contribution in [3.63, 3.8) is 0 Å². The highest BCUT2D eigenvalue weighted by molar-refractivity contribution is 6.04. The Hall–Kier alpha value is -3.67. The standard InChI is InChI=1S/C24H25N3O3/c1-3-22(30-19-12-10-17(2)11-13-19)24(29)27-21-9-5-4-8-20(21)23(28)26-16-18-7-6-14-25-15-18/h4-15,22H,3,16H2,1-2H3,(H,26,28)(H,27,29). The molecule has 1 unspecified atom stereocenters. The van der Waals surface area contributed by atoms with Crippen molar-refractivity contribution in [2.24, 2.45) is 0 Å². The first-order chi connectivity index (χ1) is 14.6. The zero-order chi connectivity index (χ0) is 21.3. The summed E-state index contributed by atoms with van der Waals surface area (Å²) in [6, 6.07) is 18.2. The molecule has 0 bridgehead atoms. The van der Waals surface area contributed by atoms with E-state index in [0.717, 1.165) is 11.1 Å². The van der Waals surface area contributed by atoms with Crippen LogP contribution in [0.1, 0.15) is 34.8 Å². The van der Waals surface area contributed by atoms with E-state index in [0.29, 0.717) is 30.0 Å². The fraction of sp³-hybridized carbons (Fsp3) is 0.208. The normalized spacial score (nSPS) is 11.4. The van der Waals surface area contributed by atoms with Crippen molar-refractivity contribution in [1.29, 1.82) is 0 Å². The summed E-state index contributed by atoms with van der Waals surface area (Å²) in [6.07, 6.45) is 3.20. The molecule has 154 valence electrons. The van der Waals surface area contributed by atoms with Gasteiger partial charge in [0.05, 0.1) is 11.3 Å². The Morgan fingerprint density at radius 3 is 2.50 bits per heavy atom. The van der Waals surface area contributed by atoms with E-state index in [1.54, 1.807) is 36.7 Å². The number of aromatic nitrogens is 1. The van der Waals surface area contributed by atoms with E-state index in [1.807, 2.05) is 50.2 Å². The molecule has 2 amide bonds. The second kappa shape index (κ2) is 10.2. The molecule has 3 rings (SSSR count). The van der Waals surface area contributed by atoms with Crippen LogP contribution < -0.4 is 15.4 Å². The lowest BCUT2D eigenvalue weighted by Crippen LogP contribution is -2.33. The van der Waals surface area contributed by atoms with Crippen LogP contribution in [0.2, 0.25) is 0 Å². The van der Waals surface area contributed by atoms with Gasteiger partial charge in [0.1, 0.15) is 5.75 Å². The number of hydrogen-bond acceptors (Lipinski definition) is 4. The number of nitrogens with one attached hydrogen (secondary N) is 2. The van der Waals surface area contributed by atoms with Crippen LogP contribution in [0.25, 0.3) is 0 Å². The lowest BCUT2D eigenvalue weighted by molar-refractivity contribution is -0.122. The van der Waals surface area contributed by atoms with E-state index in [9.17, 15) is 9.59 Å². The monoisotopic (exact) mass is 403 g/mol. The van der Waals surface area contributed by atoms with E-state index < -0.39 is 6.10 Å². The molecule has 1 heterocycles. The van der Waals surface area contributed by atoms with Crippen molar-refractivity contribution in [3.05, 3.63) is 89.7 Å². The molecule has 0 aliphatic heterocycles. The van der Waals surface area contributed by atoms with Gasteiger partial charge >= 0.3 is 0 Å². The molecule has 1 aromatic heterocycles. The minimum Gasteiger partial charge on any atom is -0.481 e. The molecular weight excluding hydrogens is 378 g/mol. The molecular formula is C24H25N3O3. The van der Waals surface area contributed by atoms with Gasteiger partial charge in [-0.2, -0.15) is 0 Å². The number of para-hydroxylation sites is 1. The first-order valence-electron chi connectivity index (χ1n) is 9.87. The molecule has 0 spiro atoms. The largest absolute Gasteiger partial charge is 0.481 e. The van der Waals surface area contributed by atoms with Gasteiger partial charge in [0.15, 0.2) is 6.10 Å². The number of carbonyl (C=O) groups is 2. The topological polar surface area (TPSA) is 80.3 Å².